The summed E-state index contributed by atoms with van der Waals surface area (Å²) >= 11 is 0. The molecule has 0 radical (unpaired) electrons. The molecular weight excluding hydrogens is 391 g/mol. The van der Waals surface area contributed by atoms with Gasteiger partial charge in [0.25, 0.3) is 11.8 Å². The zero-order valence-electron chi connectivity index (χ0n) is 16.0. The average Bonchev–Trinajstić information content (AvgIpc) is 2.77. The molecule has 7 nitrogen and oxygen atoms in total. The number of halogens is 1. The lowest BCUT2D eigenvalue weighted by Gasteiger charge is -2.34. The second-order valence-corrected chi connectivity index (χ2v) is 6.92. The van der Waals surface area contributed by atoms with Gasteiger partial charge in [0.15, 0.2) is 6.61 Å². The SMILES string of the molecule is O=C(COc1ccc2ccc(=O)oc2c1)N1CCN(C(=O)c2ccc(F)cc2)CC1. The van der Waals surface area contributed by atoms with E-state index in [1.165, 1.54) is 30.3 Å². The van der Waals surface area contributed by atoms with Crippen LogP contribution in [0.2, 0.25) is 0 Å². The van der Waals surface area contributed by atoms with Gasteiger partial charge in [0.05, 0.1) is 0 Å². The Morgan fingerprint density at radius 2 is 1.60 bits per heavy atom. The van der Waals surface area contributed by atoms with Crippen molar-refractivity contribution in [1.82, 2.24) is 9.80 Å². The molecule has 1 aromatic heterocycles. The maximum atomic E-state index is 13.0. The highest BCUT2D eigenvalue weighted by molar-refractivity contribution is 5.94. The molecule has 30 heavy (non-hydrogen) atoms. The van der Waals surface area contributed by atoms with Crippen molar-refractivity contribution >= 4 is 22.8 Å². The first-order valence-electron chi connectivity index (χ1n) is 9.49. The molecule has 154 valence electrons. The Kier molecular flexibility index (Phi) is 5.47. The monoisotopic (exact) mass is 410 g/mol. The summed E-state index contributed by atoms with van der Waals surface area (Å²) in [6.45, 7) is 1.41. The fourth-order valence-electron chi connectivity index (χ4n) is 3.30. The van der Waals surface area contributed by atoms with Crippen LogP contribution in [0.15, 0.2) is 63.8 Å². The van der Waals surface area contributed by atoms with E-state index in [-0.39, 0.29) is 18.4 Å². The van der Waals surface area contributed by atoms with Crippen LogP contribution in [-0.2, 0) is 4.79 Å². The molecule has 0 N–H and O–H groups in total. The predicted octanol–water partition coefficient (Wildman–Crippen LogP) is 2.30. The largest absolute Gasteiger partial charge is 0.484 e. The van der Waals surface area contributed by atoms with Crippen molar-refractivity contribution in [2.75, 3.05) is 32.8 Å². The molecule has 3 aromatic rings. The van der Waals surface area contributed by atoms with E-state index in [1.54, 1.807) is 34.1 Å². The summed E-state index contributed by atoms with van der Waals surface area (Å²) in [4.78, 5) is 39.5. The third kappa shape index (κ3) is 4.32. The summed E-state index contributed by atoms with van der Waals surface area (Å²) in [7, 11) is 0. The number of nitrogens with zero attached hydrogens (tertiary/aromatic N) is 2. The molecule has 2 aromatic carbocycles. The Labute approximate surface area is 171 Å². The van der Waals surface area contributed by atoms with Crippen LogP contribution < -0.4 is 10.4 Å². The molecule has 0 aliphatic carbocycles. The van der Waals surface area contributed by atoms with Crippen molar-refractivity contribution in [3.8, 4) is 5.75 Å². The van der Waals surface area contributed by atoms with Crippen molar-refractivity contribution in [2.24, 2.45) is 0 Å². The Hall–Kier alpha value is -3.68. The average molecular weight is 410 g/mol. The first-order valence-corrected chi connectivity index (χ1v) is 9.49. The number of benzene rings is 2. The molecule has 2 heterocycles. The maximum Gasteiger partial charge on any atom is 0.336 e. The molecule has 2 amide bonds. The van der Waals surface area contributed by atoms with Crippen molar-refractivity contribution < 1.29 is 23.1 Å². The Morgan fingerprint density at radius 1 is 0.933 bits per heavy atom. The number of hydrogen-bond donors (Lipinski definition) is 0. The van der Waals surface area contributed by atoms with Crippen molar-refractivity contribution in [3.05, 3.63) is 76.4 Å². The molecule has 4 rings (SSSR count). The molecule has 8 heteroatoms. The fourth-order valence-corrected chi connectivity index (χ4v) is 3.30. The van der Waals surface area contributed by atoms with Gasteiger partial charge < -0.3 is 19.0 Å². The number of fused-ring (bicyclic) bond motifs is 1. The third-order valence-corrected chi connectivity index (χ3v) is 4.97. The van der Waals surface area contributed by atoms with Gasteiger partial charge in [-0.1, -0.05) is 0 Å². The van der Waals surface area contributed by atoms with E-state index in [0.29, 0.717) is 43.1 Å². The molecule has 1 aliphatic rings. The van der Waals surface area contributed by atoms with Crippen molar-refractivity contribution in [1.29, 1.82) is 0 Å². The van der Waals surface area contributed by atoms with Crippen LogP contribution >= 0.6 is 0 Å². The lowest BCUT2D eigenvalue weighted by atomic mass is 10.2. The van der Waals surface area contributed by atoms with Crippen LogP contribution in [0.5, 0.6) is 5.75 Å². The van der Waals surface area contributed by atoms with E-state index in [2.05, 4.69) is 0 Å². The van der Waals surface area contributed by atoms with Crippen LogP contribution in [0.3, 0.4) is 0 Å². The van der Waals surface area contributed by atoms with Gasteiger partial charge in [0.2, 0.25) is 0 Å². The second kappa shape index (κ2) is 8.36. The zero-order valence-corrected chi connectivity index (χ0v) is 16.0. The highest BCUT2D eigenvalue weighted by Gasteiger charge is 2.25. The molecule has 0 saturated carbocycles. The van der Waals surface area contributed by atoms with Gasteiger partial charge >= 0.3 is 5.63 Å². The number of amides is 2. The molecule has 1 saturated heterocycles. The summed E-state index contributed by atoms with van der Waals surface area (Å²) < 4.78 is 23.7. The van der Waals surface area contributed by atoms with E-state index < -0.39 is 11.4 Å². The maximum absolute atomic E-state index is 13.0. The third-order valence-electron chi connectivity index (χ3n) is 4.97. The normalized spacial score (nSPS) is 14.0. The minimum absolute atomic E-state index is 0.158. The molecule has 0 atom stereocenters. The van der Waals surface area contributed by atoms with Gasteiger partial charge in [-0.25, -0.2) is 9.18 Å². The van der Waals surface area contributed by atoms with Crippen molar-refractivity contribution in [2.45, 2.75) is 0 Å². The van der Waals surface area contributed by atoms with E-state index in [4.69, 9.17) is 9.15 Å². The van der Waals surface area contributed by atoms with E-state index in [0.717, 1.165) is 5.39 Å². The van der Waals surface area contributed by atoms with Gasteiger partial charge in [-0.3, -0.25) is 9.59 Å². The smallest absolute Gasteiger partial charge is 0.336 e. The fraction of sp³-hybridized carbons (Fsp3) is 0.227. The first kappa shape index (κ1) is 19.6. The van der Waals surface area contributed by atoms with Gasteiger partial charge in [-0.15, -0.1) is 0 Å². The highest BCUT2D eigenvalue weighted by Crippen LogP contribution is 2.19. The van der Waals surface area contributed by atoms with E-state index in [9.17, 15) is 18.8 Å². The van der Waals surface area contributed by atoms with Crippen molar-refractivity contribution in [3.63, 3.8) is 0 Å². The molecular formula is C22H19FN2O5. The van der Waals surface area contributed by atoms with Gasteiger partial charge in [-0.05, 0) is 42.5 Å². The lowest BCUT2D eigenvalue weighted by molar-refractivity contribution is -0.134. The summed E-state index contributed by atoms with van der Waals surface area (Å²) in [5.74, 6) is -0.347. The molecule has 0 spiro atoms. The summed E-state index contributed by atoms with van der Waals surface area (Å²) in [5, 5.41) is 0.759. The summed E-state index contributed by atoms with van der Waals surface area (Å²) in [6, 6.07) is 13.4. The van der Waals surface area contributed by atoms with Gasteiger partial charge in [0, 0.05) is 49.3 Å². The Bertz CT molecular complexity index is 1130. The molecule has 1 fully saturated rings. The number of piperazine rings is 1. The molecule has 1 aliphatic heterocycles. The Morgan fingerprint density at radius 3 is 2.33 bits per heavy atom. The zero-order chi connectivity index (χ0) is 21.1. The number of ether oxygens (including phenoxy) is 1. The predicted molar refractivity (Wildman–Crippen MR) is 107 cm³/mol. The Balaban J connectivity index is 1.30. The van der Waals surface area contributed by atoms with E-state index in [1.807, 2.05) is 0 Å². The number of hydrogen-bond acceptors (Lipinski definition) is 5. The van der Waals surface area contributed by atoms with Gasteiger partial charge in [0.1, 0.15) is 17.1 Å². The number of carbonyl (C=O) groups is 2. The van der Waals surface area contributed by atoms with Crippen LogP contribution in [-0.4, -0.2) is 54.4 Å². The van der Waals surface area contributed by atoms with Crippen LogP contribution in [0.25, 0.3) is 11.0 Å². The standard InChI is InChI=1S/C22H19FN2O5/c23-17-5-1-16(2-6-17)22(28)25-11-9-24(10-12-25)20(26)14-29-18-7-3-15-4-8-21(27)30-19(15)13-18/h1-8,13H,9-12,14H2. The van der Waals surface area contributed by atoms with Crippen LogP contribution in [0, 0.1) is 5.82 Å². The lowest BCUT2D eigenvalue weighted by Crippen LogP contribution is -2.51. The second-order valence-electron chi connectivity index (χ2n) is 6.92. The quantitative estimate of drug-likeness (QED) is 0.617. The first-order chi connectivity index (χ1) is 14.5. The van der Waals surface area contributed by atoms with Crippen LogP contribution in [0.4, 0.5) is 4.39 Å². The number of carbonyl (C=O) groups excluding carboxylic acids is 2. The number of rotatable bonds is 4. The summed E-state index contributed by atoms with van der Waals surface area (Å²) in [6.07, 6.45) is 0. The summed E-state index contributed by atoms with van der Waals surface area (Å²) in [5.41, 5.74) is 0.353. The minimum atomic E-state index is -0.455. The molecule has 0 unspecified atom stereocenters. The minimum Gasteiger partial charge on any atom is -0.484 e. The van der Waals surface area contributed by atoms with Crippen LogP contribution in [0.1, 0.15) is 10.4 Å². The highest BCUT2D eigenvalue weighted by atomic mass is 19.1. The topological polar surface area (TPSA) is 80.1 Å². The van der Waals surface area contributed by atoms with Gasteiger partial charge in [-0.2, -0.15) is 0 Å². The molecule has 0 bridgehead atoms. The van der Waals surface area contributed by atoms with E-state index >= 15 is 0 Å².